The second-order valence-electron chi connectivity index (χ2n) is 14.0. The smallest absolute Gasteiger partial charge is 0.434 e. The Hall–Kier alpha value is -6.98. The number of rotatable bonds is 3. The summed E-state index contributed by atoms with van der Waals surface area (Å²) in [6, 6.07) is 60.0. The van der Waals surface area contributed by atoms with Gasteiger partial charge < -0.3 is 18.4 Å². The monoisotopic (exact) mass is 677 g/mol. The van der Waals surface area contributed by atoms with Gasteiger partial charge in [-0.2, -0.15) is 0 Å². The van der Waals surface area contributed by atoms with Gasteiger partial charge in [0, 0.05) is 38.0 Å². The van der Waals surface area contributed by atoms with Crippen molar-refractivity contribution in [3.8, 4) is 56.3 Å². The number of hydrogen-bond acceptors (Lipinski definition) is 3. The molecule has 4 heterocycles. The van der Waals surface area contributed by atoms with Crippen molar-refractivity contribution < 1.29 is 13.8 Å². The van der Waals surface area contributed by atoms with Crippen LogP contribution in [0.3, 0.4) is 0 Å². The summed E-state index contributed by atoms with van der Waals surface area (Å²) in [7, 11) is 0. The molecule has 2 aromatic heterocycles. The maximum atomic E-state index is 7.14. The average Bonchev–Trinajstić information content (AvgIpc) is 3.76. The van der Waals surface area contributed by atoms with E-state index in [2.05, 4.69) is 156 Å². The molecule has 0 fully saturated rings. The maximum Gasteiger partial charge on any atom is 0.434 e. The van der Waals surface area contributed by atoms with E-state index in [0.717, 1.165) is 100 Å². The first-order chi connectivity index (χ1) is 26.3. The van der Waals surface area contributed by atoms with Crippen molar-refractivity contribution in [2.75, 3.05) is 0 Å². The lowest BCUT2D eigenvalue weighted by Gasteiger charge is -2.34. The Kier molecular flexibility index (Phi) is 5.83. The van der Waals surface area contributed by atoms with Gasteiger partial charge in [0.15, 0.2) is 0 Å². The Morgan fingerprint density at radius 3 is 1.96 bits per heavy atom. The van der Waals surface area contributed by atoms with Crippen LogP contribution in [0.1, 0.15) is 0 Å². The molecule has 12 rings (SSSR count). The molecule has 0 bridgehead atoms. The lowest BCUT2D eigenvalue weighted by molar-refractivity contribution is 0.478. The van der Waals surface area contributed by atoms with Gasteiger partial charge in [-0.1, -0.05) is 109 Å². The minimum Gasteiger partial charge on any atom is -0.551 e. The van der Waals surface area contributed by atoms with E-state index >= 15 is 0 Å². The van der Waals surface area contributed by atoms with Gasteiger partial charge in [-0.05, 0) is 88.5 Å². The normalized spacial score (nSPS) is 12.8. The zero-order chi connectivity index (χ0) is 34.6. The summed E-state index contributed by atoms with van der Waals surface area (Å²) in [5.74, 6) is 2.50. The SMILES string of the molecule is c1cc(-c2cc3c4c(c2)-c2ccccc2OB4c2cccc(-n4c5ccccc5c5ccccc54)c2O3)cc(-c2ccc3oc4ccccc4c3c2)c1. The minimum absolute atomic E-state index is 0.316. The van der Waals surface area contributed by atoms with Gasteiger partial charge >= 0.3 is 6.92 Å². The quantitative estimate of drug-likeness (QED) is 0.175. The lowest BCUT2D eigenvalue weighted by Crippen LogP contribution is -2.53. The van der Waals surface area contributed by atoms with Crippen LogP contribution < -0.4 is 20.3 Å². The number of furan rings is 1. The van der Waals surface area contributed by atoms with Gasteiger partial charge in [-0.15, -0.1) is 0 Å². The second kappa shape index (κ2) is 10.8. The van der Waals surface area contributed by atoms with Crippen LogP contribution in [0.5, 0.6) is 17.2 Å². The van der Waals surface area contributed by atoms with E-state index in [1.165, 1.54) is 10.8 Å². The molecule has 5 heteroatoms. The first-order valence-electron chi connectivity index (χ1n) is 18.0. The second-order valence-corrected chi connectivity index (χ2v) is 14.0. The lowest BCUT2D eigenvalue weighted by atomic mass is 9.50. The first-order valence-corrected chi connectivity index (χ1v) is 18.0. The molecule has 10 aromatic rings. The van der Waals surface area contributed by atoms with Gasteiger partial charge in [0.1, 0.15) is 28.4 Å². The van der Waals surface area contributed by atoms with Crippen molar-refractivity contribution in [2.45, 2.75) is 0 Å². The summed E-state index contributed by atoms with van der Waals surface area (Å²) in [5, 5.41) is 4.67. The van der Waals surface area contributed by atoms with Crippen molar-refractivity contribution in [3.63, 3.8) is 0 Å². The van der Waals surface area contributed by atoms with Crippen LogP contribution in [-0.4, -0.2) is 11.5 Å². The van der Waals surface area contributed by atoms with Gasteiger partial charge in [-0.25, -0.2) is 0 Å². The van der Waals surface area contributed by atoms with Gasteiger partial charge in [0.25, 0.3) is 0 Å². The highest BCUT2D eigenvalue weighted by Gasteiger charge is 2.42. The molecule has 0 saturated carbocycles. The largest absolute Gasteiger partial charge is 0.551 e. The predicted molar refractivity (Wildman–Crippen MR) is 217 cm³/mol. The van der Waals surface area contributed by atoms with Crippen molar-refractivity contribution in [1.82, 2.24) is 4.57 Å². The Morgan fingerprint density at radius 1 is 0.434 bits per heavy atom. The Bertz CT molecular complexity index is 3100. The fraction of sp³-hybridized carbons (Fsp3) is 0. The first kappa shape index (κ1) is 28.7. The van der Waals surface area contributed by atoms with Gasteiger partial charge in [0.2, 0.25) is 0 Å². The summed E-state index contributed by atoms with van der Waals surface area (Å²) >= 11 is 0. The highest BCUT2D eigenvalue weighted by atomic mass is 16.5. The number of hydrogen-bond donors (Lipinski definition) is 0. The van der Waals surface area contributed by atoms with E-state index in [-0.39, 0.29) is 6.92 Å². The predicted octanol–water partition coefficient (Wildman–Crippen LogP) is 11.3. The average molecular weight is 678 g/mol. The maximum absolute atomic E-state index is 7.14. The van der Waals surface area contributed by atoms with Crippen LogP contribution in [0.4, 0.5) is 0 Å². The molecule has 2 aliphatic heterocycles. The van der Waals surface area contributed by atoms with Crippen LogP contribution in [0.2, 0.25) is 0 Å². The van der Waals surface area contributed by atoms with E-state index < -0.39 is 0 Å². The van der Waals surface area contributed by atoms with E-state index in [1.54, 1.807) is 0 Å². The Morgan fingerprint density at radius 2 is 1.11 bits per heavy atom. The van der Waals surface area contributed by atoms with Crippen molar-refractivity contribution in [2.24, 2.45) is 0 Å². The van der Waals surface area contributed by atoms with E-state index in [9.17, 15) is 0 Å². The fourth-order valence-corrected chi connectivity index (χ4v) is 8.68. The molecular formula is C48H28BNO3. The number of nitrogens with zero attached hydrogens (tertiary/aromatic N) is 1. The van der Waals surface area contributed by atoms with Gasteiger partial charge in [-0.3, -0.25) is 0 Å². The summed E-state index contributed by atoms with van der Waals surface area (Å²) in [4.78, 5) is 0. The van der Waals surface area contributed by atoms with Crippen LogP contribution in [0.25, 0.3) is 82.8 Å². The highest BCUT2D eigenvalue weighted by molar-refractivity contribution is 6.84. The third-order valence-corrected chi connectivity index (χ3v) is 11.1. The van der Waals surface area contributed by atoms with Crippen LogP contribution in [-0.2, 0) is 0 Å². The molecule has 0 spiro atoms. The number of fused-ring (bicyclic) bond motifs is 10. The molecular weight excluding hydrogens is 649 g/mol. The number of benzene rings is 8. The Balaban J connectivity index is 1.05. The van der Waals surface area contributed by atoms with Crippen molar-refractivity contribution >= 4 is 61.6 Å². The fourth-order valence-electron chi connectivity index (χ4n) is 8.68. The molecule has 8 aromatic carbocycles. The number of aromatic nitrogens is 1. The summed E-state index contributed by atoms with van der Waals surface area (Å²) < 4.78 is 22.5. The van der Waals surface area contributed by atoms with Crippen LogP contribution in [0, 0.1) is 0 Å². The number of ether oxygens (including phenoxy) is 1. The zero-order valence-corrected chi connectivity index (χ0v) is 28.4. The molecule has 0 N–H and O–H groups in total. The van der Waals surface area contributed by atoms with E-state index in [4.69, 9.17) is 13.8 Å². The van der Waals surface area contributed by atoms with Crippen molar-refractivity contribution in [3.05, 3.63) is 170 Å². The van der Waals surface area contributed by atoms with Crippen molar-refractivity contribution in [1.29, 1.82) is 0 Å². The summed E-state index contributed by atoms with van der Waals surface area (Å²) in [6.45, 7) is -0.316. The number of para-hydroxylation sites is 5. The molecule has 0 unspecified atom stereocenters. The topological polar surface area (TPSA) is 36.5 Å². The van der Waals surface area contributed by atoms with Crippen LogP contribution in [0.15, 0.2) is 174 Å². The molecule has 0 saturated heterocycles. The molecule has 0 aliphatic carbocycles. The van der Waals surface area contributed by atoms with E-state index in [1.807, 2.05) is 18.2 Å². The van der Waals surface area contributed by atoms with E-state index in [0.29, 0.717) is 0 Å². The van der Waals surface area contributed by atoms with Crippen LogP contribution >= 0.6 is 0 Å². The zero-order valence-electron chi connectivity index (χ0n) is 28.4. The minimum atomic E-state index is -0.316. The summed E-state index contributed by atoms with van der Waals surface area (Å²) in [6.07, 6.45) is 0. The highest BCUT2D eigenvalue weighted by Crippen LogP contribution is 2.44. The standard InChI is InChI=1S/C48H28BNO3/c1-5-18-40-33(13-1)34-14-2-6-19-41(34)50(40)42-20-10-17-39-48(42)52-46-28-32(27-38-36-16-4-8-22-45(36)53-49(39)47(38)46)30-12-9-11-29(25-30)31-23-24-44-37(26-31)35-15-3-7-21-43(35)51-44/h1-28H. The molecule has 4 nitrogen and oxygen atoms in total. The third kappa shape index (κ3) is 4.13. The molecule has 0 amide bonds. The molecule has 2 aliphatic rings. The third-order valence-electron chi connectivity index (χ3n) is 11.1. The molecule has 246 valence electrons. The Labute approximate surface area is 305 Å². The summed E-state index contributed by atoms with van der Waals surface area (Å²) in [5.41, 5.74) is 13.8. The molecule has 53 heavy (non-hydrogen) atoms. The van der Waals surface area contributed by atoms with Gasteiger partial charge in [0.05, 0.1) is 16.7 Å². The molecule has 0 atom stereocenters. The molecule has 0 radical (unpaired) electrons.